The number of anilines is 1. The van der Waals surface area contributed by atoms with E-state index in [1.807, 2.05) is 24.3 Å². The third-order valence-corrected chi connectivity index (χ3v) is 5.64. The maximum absolute atomic E-state index is 12.4. The van der Waals surface area contributed by atoms with Gasteiger partial charge in [0.25, 0.3) is 5.91 Å². The summed E-state index contributed by atoms with van der Waals surface area (Å²) >= 11 is 6.07. The van der Waals surface area contributed by atoms with Crippen molar-refractivity contribution < 1.29 is 4.79 Å². The quantitative estimate of drug-likeness (QED) is 0.647. The second-order valence-corrected chi connectivity index (χ2v) is 7.81. The number of pyridine rings is 1. The Labute approximate surface area is 174 Å². The molecule has 6 heteroatoms. The largest absolute Gasteiger partial charge is 0.382 e. The number of aromatic nitrogens is 1. The van der Waals surface area contributed by atoms with Gasteiger partial charge >= 0.3 is 0 Å². The molecule has 1 aromatic heterocycles. The summed E-state index contributed by atoms with van der Waals surface area (Å²) in [6, 6.07) is 17.1. The molecule has 2 N–H and O–H groups in total. The van der Waals surface area contributed by atoms with Crippen molar-refractivity contribution in [2.45, 2.75) is 37.8 Å². The van der Waals surface area contributed by atoms with E-state index in [9.17, 15) is 4.79 Å². The van der Waals surface area contributed by atoms with Gasteiger partial charge in [-0.3, -0.25) is 9.78 Å². The SMILES string of the molecule is N#Cc1ccc(C(=O)NC2CCC(Nc3ccnc4cc(Cl)ccc34)CC2)cc1. The summed E-state index contributed by atoms with van der Waals surface area (Å²) in [5.74, 6) is -0.0806. The van der Waals surface area contributed by atoms with Crippen LogP contribution in [0.4, 0.5) is 5.69 Å². The first kappa shape index (κ1) is 19.2. The highest BCUT2D eigenvalue weighted by molar-refractivity contribution is 6.31. The van der Waals surface area contributed by atoms with Crippen molar-refractivity contribution in [1.82, 2.24) is 10.3 Å². The molecule has 4 rings (SSSR count). The number of nitrogens with zero attached hydrogens (tertiary/aromatic N) is 2. The molecule has 1 heterocycles. The van der Waals surface area contributed by atoms with E-state index in [1.165, 1.54) is 0 Å². The number of nitriles is 1. The average molecular weight is 405 g/mol. The van der Waals surface area contributed by atoms with Gasteiger partial charge in [-0.1, -0.05) is 11.6 Å². The molecule has 0 radical (unpaired) electrons. The Balaban J connectivity index is 1.34. The highest BCUT2D eigenvalue weighted by Gasteiger charge is 2.23. The van der Waals surface area contributed by atoms with E-state index < -0.39 is 0 Å². The summed E-state index contributed by atoms with van der Waals surface area (Å²) in [6.45, 7) is 0. The van der Waals surface area contributed by atoms with Gasteiger partial charge in [0.2, 0.25) is 0 Å². The lowest BCUT2D eigenvalue weighted by atomic mass is 9.90. The molecule has 1 aliphatic rings. The van der Waals surface area contributed by atoms with Crippen molar-refractivity contribution in [2.24, 2.45) is 0 Å². The summed E-state index contributed by atoms with van der Waals surface area (Å²) in [5.41, 5.74) is 3.09. The Morgan fingerprint density at radius 2 is 1.76 bits per heavy atom. The van der Waals surface area contributed by atoms with Crippen molar-refractivity contribution in [3.05, 3.63) is 70.9 Å². The Morgan fingerprint density at radius 3 is 2.48 bits per heavy atom. The fourth-order valence-electron chi connectivity index (χ4n) is 3.81. The van der Waals surface area contributed by atoms with Crippen molar-refractivity contribution in [3.8, 4) is 6.07 Å². The monoisotopic (exact) mass is 404 g/mol. The molecule has 1 aliphatic carbocycles. The smallest absolute Gasteiger partial charge is 0.251 e. The van der Waals surface area contributed by atoms with Crippen molar-refractivity contribution in [3.63, 3.8) is 0 Å². The topological polar surface area (TPSA) is 77.8 Å². The summed E-state index contributed by atoms with van der Waals surface area (Å²) < 4.78 is 0. The van der Waals surface area contributed by atoms with Crippen LogP contribution in [0.5, 0.6) is 0 Å². The lowest BCUT2D eigenvalue weighted by Crippen LogP contribution is -2.40. The second kappa shape index (κ2) is 8.50. The Kier molecular flexibility index (Phi) is 5.64. The van der Waals surface area contributed by atoms with E-state index in [4.69, 9.17) is 16.9 Å². The molecule has 0 spiro atoms. The number of rotatable bonds is 4. The molecule has 0 atom stereocenters. The zero-order valence-corrected chi connectivity index (χ0v) is 16.6. The van der Waals surface area contributed by atoms with E-state index in [2.05, 4.69) is 21.7 Å². The van der Waals surface area contributed by atoms with Crippen molar-refractivity contribution in [1.29, 1.82) is 5.26 Å². The third kappa shape index (κ3) is 4.49. The lowest BCUT2D eigenvalue weighted by Gasteiger charge is -2.30. The summed E-state index contributed by atoms with van der Waals surface area (Å²) in [6.07, 6.45) is 5.61. The normalized spacial score (nSPS) is 18.8. The van der Waals surface area contributed by atoms with E-state index >= 15 is 0 Å². The van der Waals surface area contributed by atoms with Crippen LogP contribution in [0.1, 0.15) is 41.6 Å². The Hall–Kier alpha value is -3.10. The van der Waals surface area contributed by atoms with E-state index in [-0.39, 0.29) is 11.9 Å². The number of fused-ring (bicyclic) bond motifs is 1. The first-order valence-electron chi connectivity index (χ1n) is 9.74. The van der Waals surface area contributed by atoms with Crippen LogP contribution in [0, 0.1) is 11.3 Å². The molecule has 0 aliphatic heterocycles. The van der Waals surface area contributed by atoms with Gasteiger partial charge in [0.05, 0.1) is 17.1 Å². The van der Waals surface area contributed by atoms with Gasteiger partial charge in [-0.15, -0.1) is 0 Å². The van der Waals surface area contributed by atoms with Gasteiger partial charge in [-0.25, -0.2) is 0 Å². The molecular formula is C23H21ClN4O. The molecule has 2 aromatic carbocycles. The summed E-state index contributed by atoms with van der Waals surface area (Å²) in [7, 11) is 0. The van der Waals surface area contributed by atoms with Crippen LogP contribution in [0.25, 0.3) is 10.9 Å². The van der Waals surface area contributed by atoms with Gasteiger partial charge in [-0.05, 0) is 74.2 Å². The number of hydrogen-bond acceptors (Lipinski definition) is 4. The van der Waals surface area contributed by atoms with Crippen LogP contribution in [0.3, 0.4) is 0 Å². The highest BCUT2D eigenvalue weighted by atomic mass is 35.5. The first-order valence-corrected chi connectivity index (χ1v) is 10.1. The predicted molar refractivity (Wildman–Crippen MR) is 115 cm³/mol. The summed E-state index contributed by atoms with van der Waals surface area (Å²) in [5, 5.41) is 17.4. The maximum Gasteiger partial charge on any atom is 0.251 e. The van der Waals surface area contributed by atoms with E-state index in [0.29, 0.717) is 22.2 Å². The molecule has 3 aromatic rings. The Morgan fingerprint density at radius 1 is 1.03 bits per heavy atom. The molecule has 29 heavy (non-hydrogen) atoms. The highest BCUT2D eigenvalue weighted by Crippen LogP contribution is 2.28. The molecule has 0 bridgehead atoms. The van der Waals surface area contributed by atoms with Gasteiger partial charge in [0, 0.05) is 39.9 Å². The molecule has 146 valence electrons. The van der Waals surface area contributed by atoms with Crippen LogP contribution < -0.4 is 10.6 Å². The van der Waals surface area contributed by atoms with Crippen LogP contribution in [0.2, 0.25) is 5.02 Å². The molecular weight excluding hydrogens is 384 g/mol. The van der Waals surface area contributed by atoms with E-state index in [0.717, 1.165) is 42.3 Å². The fourth-order valence-corrected chi connectivity index (χ4v) is 3.98. The maximum atomic E-state index is 12.4. The second-order valence-electron chi connectivity index (χ2n) is 7.38. The van der Waals surface area contributed by atoms with Crippen molar-refractivity contribution in [2.75, 3.05) is 5.32 Å². The van der Waals surface area contributed by atoms with Crippen LogP contribution in [-0.4, -0.2) is 23.0 Å². The van der Waals surface area contributed by atoms with Crippen LogP contribution >= 0.6 is 11.6 Å². The number of amides is 1. The lowest BCUT2D eigenvalue weighted by molar-refractivity contribution is 0.0926. The predicted octanol–water partition coefficient (Wildman–Crippen LogP) is 4.91. The minimum absolute atomic E-state index is 0.0806. The number of carbonyl (C=O) groups excluding carboxylic acids is 1. The summed E-state index contributed by atoms with van der Waals surface area (Å²) in [4.78, 5) is 16.8. The van der Waals surface area contributed by atoms with Crippen LogP contribution in [0.15, 0.2) is 54.7 Å². The fraction of sp³-hybridized carbons (Fsp3) is 0.261. The van der Waals surface area contributed by atoms with E-state index in [1.54, 1.807) is 30.5 Å². The average Bonchev–Trinajstić information content (AvgIpc) is 2.75. The van der Waals surface area contributed by atoms with Gasteiger partial charge in [-0.2, -0.15) is 5.26 Å². The number of carbonyl (C=O) groups is 1. The number of hydrogen-bond donors (Lipinski definition) is 2. The molecule has 0 unspecified atom stereocenters. The minimum Gasteiger partial charge on any atom is -0.382 e. The molecule has 0 saturated heterocycles. The molecule has 1 amide bonds. The van der Waals surface area contributed by atoms with Gasteiger partial charge < -0.3 is 10.6 Å². The van der Waals surface area contributed by atoms with Gasteiger partial charge in [0.15, 0.2) is 0 Å². The minimum atomic E-state index is -0.0806. The third-order valence-electron chi connectivity index (χ3n) is 5.40. The zero-order valence-electron chi connectivity index (χ0n) is 15.9. The standard InChI is InChI=1S/C23H21ClN4O/c24-17-5-10-20-21(11-12-26-22(20)13-17)27-18-6-8-19(9-7-18)28-23(29)16-3-1-15(14-25)2-4-16/h1-5,10-13,18-19H,6-9H2,(H,26,27)(H,28,29). The first-order chi connectivity index (χ1) is 14.1. The number of benzene rings is 2. The van der Waals surface area contributed by atoms with Crippen LogP contribution in [-0.2, 0) is 0 Å². The zero-order chi connectivity index (χ0) is 20.2. The van der Waals surface area contributed by atoms with Crippen molar-refractivity contribution >= 4 is 34.1 Å². The Bertz CT molecular complexity index is 1070. The van der Waals surface area contributed by atoms with Gasteiger partial charge in [0.1, 0.15) is 0 Å². The number of nitrogens with one attached hydrogen (secondary N) is 2. The molecule has 1 fully saturated rings. The molecule has 1 saturated carbocycles. The number of halogens is 1. The molecule has 5 nitrogen and oxygen atoms in total.